The first kappa shape index (κ1) is 13.2. The van der Waals surface area contributed by atoms with Crippen molar-refractivity contribution in [1.82, 2.24) is 14.8 Å². The van der Waals surface area contributed by atoms with Gasteiger partial charge in [-0.15, -0.1) is 5.10 Å². The van der Waals surface area contributed by atoms with E-state index in [1.54, 1.807) is 19.2 Å². The van der Waals surface area contributed by atoms with Gasteiger partial charge < -0.3 is 11.1 Å². The standard InChI is InChI=1S/C11H10ClN5O2S/c1-17-10(19)15-16-11(17)20-7-3-6-4(2-5(7)12)8(13)9(18)14-6/h2-3,8H,13H2,1H3,(H,14,18)(H,15,19). The predicted octanol–water partition coefficient (Wildman–Crippen LogP) is 0.865. The second-order valence-electron chi connectivity index (χ2n) is 4.31. The van der Waals surface area contributed by atoms with E-state index in [-0.39, 0.29) is 11.6 Å². The maximum atomic E-state index is 11.5. The molecule has 1 amide bonds. The van der Waals surface area contributed by atoms with E-state index in [9.17, 15) is 9.59 Å². The Labute approximate surface area is 122 Å². The number of rotatable bonds is 2. The van der Waals surface area contributed by atoms with E-state index in [1.807, 2.05) is 0 Å². The number of fused-ring (bicyclic) bond motifs is 1. The highest BCUT2D eigenvalue weighted by Crippen LogP contribution is 2.39. The zero-order chi connectivity index (χ0) is 14.4. The molecule has 3 rings (SSSR count). The normalized spacial score (nSPS) is 17.1. The first-order valence-electron chi connectivity index (χ1n) is 5.66. The van der Waals surface area contributed by atoms with Gasteiger partial charge in [0.15, 0.2) is 5.16 Å². The summed E-state index contributed by atoms with van der Waals surface area (Å²) < 4.78 is 1.37. The van der Waals surface area contributed by atoms with E-state index >= 15 is 0 Å². The SMILES string of the molecule is Cn1c(Sc2cc3c(cc2Cl)C(N)C(=O)N3)n[nH]c1=O. The molecule has 9 heteroatoms. The van der Waals surface area contributed by atoms with Crippen molar-refractivity contribution >= 4 is 35.0 Å². The number of benzene rings is 1. The number of hydrogen-bond acceptors (Lipinski definition) is 5. The summed E-state index contributed by atoms with van der Waals surface area (Å²) in [5.74, 6) is -0.259. The van der Waals surface area contributed by atoms with E-state index < -0.39 is 6.04 Å². The van der Waals surface area contributed by atoms with Gasteiger partial charge in [-0.2, -0.15) is 0 Å². The topological polar surface area (TPSA) is 106 Å². The average Bonchev–Trinajstić information content (AvgIpc) is 2.86. The lowest BCUT2D eigenvalue weighted by molar-refractivity contribution is -0.116. The number of nitrogens with two attached hydrogens (primary N) is 1. The van der Waals surface area contributed by atoms with E-state index in [0.717, 1.165) is 0 Å². The van der Waals surface area contributed by atoms with Gasteiger partial charge in [0.2, 0.25) is 5.91 Å². The molecule has 1 aliphatic rings. The molecule has 1 aromatic heterocycles. The fourth-order valence-corrected chi connectivity index (χ4v) is 3.02. The molecule has 0 saturated heterocycles. The second kappa shape index (κ2) is 4.65. The van der Waals surface area contributed by atoms with Crippen LogP contribution >= 0.6 is 23.4 Å². The first-order valence-corrected chi connectivity index (χ1v) is 6.86. The van der Waals surface area contributed by atoms with Crippen LogP contribution in [0.1, 0.15) is 11.6 Å². The number of H-pyrrole nitrogens is 1. The molecule has 1 atom stereocenters. The number of nitrogens with one attached hydrogen (secondary N) is 2. The smallest absolute Gasteiger partial charge is 0.324 e. The van der Waals surface area contributed by atoms with Crippen molar-refractivity contribution in [2.24, 2.45) is 12.8 Å². The number of carbonyl (C=O) groups is 1. The number of nitrogens with zero attached hydrogens (tertiary/aromatic N) is 2. The number of aromatic amines is 1. The van der Waals surface area contributed by atoms with Gasteiger partial charge >= 0.3 is 5.69 Å². The molecule has 0 saturated carbocycles. The number of carbonyl (C=O) groups excluding carboxylic acids is 1. The third-order valence-corrected chi connectivity index (χ3v) is 4.55. The summed E-state index contributed by atoms with van der Waals surface area (Å²) in [5, 5.41) is 9.86. The summed E-state index contributed by atoms with van der Waals surface area (Å²) in [6.45, 7) is 0. The summed E-state index contributed by atoms with van der Waals surface area (Å²) in [6, 6.07) is 2.69. The third-order valence-electron chi connectivity index (χ3n) is 3.02. The highest BCUT2D eigenvalue weighted by Gasteiger charge is 2.28. The molecular weight excluding hydrogens is 302 g/mol. The molecule has 1 aromatic carbocycles. The van der Waals surface area contributed by atoms with E-state index in [2.05, 4.69) is 15.5 Å². The Kier molecular flexibility index (Phi) is 3.08. The molecule has 0 fully saturated rings. The number of amides is 1. The first-order chi connectivity index (χ1) is 9.47. The molecule has 0 aliphatic carbocycles. The molecule has 0 radical (unpaired) electrons. The van der Waals surface area contributed by atoms with Gasteiger partial charge in [-0.3, -0.25) is 9.36 Å². The molecule has 2 aromatic rings. The minimum atomic E-state index is -0.698. The quantitative estimate of drug-likeness (QED) is 0.763. The van der Waals surface area contributed by atoms with Crippen molar-refractivity contribution in [2.75, 3.05) is 5.32 Å². The zero-order valence-electron chi connectivity index (χ0n) is 10.3. The van der Waals surface area contributed by atoms with Crippen LogP contribution in [-0.4, -0.2) is 20.7 Å². The van der Waals surface area contributed by atoms with Crippen LogP contribution in [-0.2, 0) is 11.8 Å². The summed E-state index contributed by atoms with van der Waals surface area (Å²) in [7, 11) is 1.60. The van der Waals surface area contributed by atoms with Crippen molar-refractivity contribution in [3.05, 3.63) is 33.2 Å². The molecule has 0 spiro atoms. The molecule has 104 valence electrons. The Hall–Kier alpha value is -1.77. The minimum Gasteiger partial charge on any atom is -0.324 e. The molecule has 4 N–H and O–H groups in total. The highest BCUT2D eigenvalue weighted by atomic mass is 35.5. The Bertz CT molecular complexity index is 769. The van der Waals surface area contributed by atoms with Crippen LogP contribution in [0, 0.1) is 0 Å². The largest absolute Gasteiger partial charge is 0.343 e. The Morgan fingerprint density at radius 2 is 2.20 bits per heavy atom. The van der Waals surface area contributed by atoms with Crippen LogP contribution < -0.4 is 16.7 Å². The van der Waals surface area contributed by atoms with Crippen LogP contribution in [0.4, 0.5) is 5.69 Å². The average molecular weight is 312 g/mol. The van der Waals surface area contributed by atoms with Crippen LogP contribution in [0.5, 0.6) is 0 Å². The van der Waals surface area contributed by atoms with Crippen LogP contribution in [0.2, 0.25) is 5.02 Å². The fourth-order valence-electron chi connectivity index (χ4n) is 1.89. The zero-order valence-corrected chi connectivity index (χ0v) is 11.9. The van der Waals surface area contributed by atoms with Crippen LogP contribution in [0.15, 0.2) is 27.0 Å². The lowest BCUT2D eigenvalue weighted by Gasteiger charge is -2.07. The van der Waals surface area contributed by atoms with Gasteiger partial charge in [0, 0.05) is 23.2 Å². The van der Waals surface area contributed by atoms with Gasteiger partial charge in [0.25, 0.3) is 0 Å². The predicted molar refractivity (Wildman–Crippen MR) is 75.0 cm³/mol. The van der Waals surface area contributed by atoms with Crippen LogP contribution in [0.25, 0.3) is 0 Å². The van der Waals surface area contributed by atoms with Crippen molar-refractivity contribution in [3.63, 3.8) is 0 Å². The summed E-state index contributed by atoms with van der Waals surface area (Å²) in [5.41, 5.74) is 6.74. The maximum absolute atomic E-state index is 11.5. The lowest BCUT2D eigenvalue weighted by Crippen LogP contribution is -2.19. The van der Waals surface area contributed by atoms with Gasteiger partial charge in [0.05, 0.1) is 5.02 Å². The fraction of sp³-hybridized carbons (Fsp3) is 0.182. The Morgan fingerprint density at radius 1 is 1.45 bits per heavy atom. The van der Waals surface area contributed by atoms with Crippen molar-refractivity contribution in [2.45, 2.75) is 16.1 Å². The van der Waals surface area contributed by atoms with Gasteiger partial charge in [-0.05, 0) is 23.9 Å². The monoisotopic (exact) mass is 311 g/mol. The van der Waals surface area contributed by atoms with Gasteiger partial charge in [-0.25, -0.2) is 9.89 Å². The van der Waals surface area contributed by atoms with Crippen molar-refractivity contribution < 1.29 is 4.79 Å². The lowest BCUT2D eigenvalue weighted by atomic mass is 10.1. The number of anilines is 1. The Morgan fingerprint density at radius 3 is 2.85 bits per heavy atom. The van der Waals surface area contributed by atoms with Crippen LogP contribution in [0.3, 0.4) is 0 Å². The molecule has 0 bridgehead atoms. The molecule has 20 heavy (non-hydrogen) atoms. The van der Waals surface area contributed by atoms with E-state index in [0.29, 0.717) is 26.3 Å². The maximum Gasteiger partial charge on any atom is 0.343 e. The van der Waals surface area contributed by atoms with Crippen molar-refractivity contribution in [1.29, 1.82) is 0 Å². The molecule has 1 unspecified atom stereocenters. The van der Waals surface area contributed by atoms with E-state index in [4.69, 9.17) is 17.3 Å². The third kappa shape index (κ3) is 2.01. The highest BCUT2D eigenvalue weighted by molar-refractivity contribution is 7.99. The van der Waals surface area contributed by atoms with E-state index in [1.165, 1.54) is 16.3 Å². The second-order valence-corrected chi connectivity index (χ2v) is 5.73. The van der Waals surface area contributed by atoms with Gasteiger partial charge in [-0.1, -0.05) is 11.6 Å². The van der Waals surface area contributed by atoms with Crippen molar-refractivity contribution in [3.8, 4) is 0 Å². The summed E-state index contributed by atoms with van der Waals surface area (Å²) in [6.07, 6.45) is 0. The molecule has 2 heterocycles. The summed E-state index contributed by atoms with van der Waals surface area (Å²) >= 11 is 7.42. The molecule has 1 aliphatic heterocycles. The number of hydrogen-bond donors (Lipinski definition) is 3. The van der Waals surface area contributed by atoms with Gasteiger partial charge in [0.1, 0.15) is 6.04 Å². The molecular formula is C11H10ClN5O2S. The summed E-state index contributed by atoms with van der Waals surface area (Å²) in [4.78, 5) is 23.5. The minimum absolute atomic E-state index is 0.259. The Balaban J connectivity index is 2.00. The number of halogens is 1. The number of aromatic nitrogens is 3. The molecule has 7 nitrogen and oxygen atoms in total.